The number of halogens is 4. The average molecular weight is 520 g/mol. The lowest BCUT2D eigenvalue weighted by atomic mass is 10.0. The van der Waals surface area contributed by atoms with Gasteiger partial charge >= 0.3 is 0 Å². The Morgan fingerprint density at radius 1 is 1.08 bits per heavy atom. The maximum atomic E-state index is 14.7. The minimum Gasteiger partial charge on any atom is -0.352 e. The SMILES string of the molecule is Cl.O=C(c1ccncc1)N1CCC(n2nc(F)c3nc(NCc4ccc(F)c(F)c4)[nH]c(=O)c32)CC1. The molecule has 0 saturated carbocycles. The Hall–Kier alpha value is -3.93. The predicted octanol–water partition coefficient (Wildman–Crippen LogP) is 3.44. The van der Waals surface area contributed by atoms with Gasteiger partial charge in [-0.05, 0) is 42.7 Å². The van der Waals surface area contributed by atoms with Crippen LogP contribution in [-0.2, 0) is 6.54 Å². The first-order valence-corrected chi connectivity index (χ1v) is 11.0. The fraction of sp³-hybridized carbons (Fsp3) is 0.261. The highest BCUT2D eigenvalue weighted by molar-refractivity contribution is 5.94. The highest BCUT2D eigenvalue weighted by atomic mass is 35.5. The van der Waals surface area contributed by atoms with Crippen LogP contribution in [0.15, 0.2) is 47.5 Å². The van der Waals surface area contributed by atoms with Gasteiger partial charge in [-0.3, -0.25) is 24.2 Å². The van der Waals surface area contributed by atoms with Crippen molar-refractivity contribution in [3.63, 3.8) is 0 Å². The van der Waals surface area contributed by atoms with E-state index in [1.165, 1.54) is 10.7 Å². The topological polar surface area (TPSA) is 109 Å². The number of piperidine rings is 1. The van der Waals surface area contributed by atoms with Gasteiger partial charge in [0.25, 0.3) is 17.4 Å². The summed E-state index contributed by atoms with van der Waals surface area (Å²) in [5.41, 5.74) is 0.167. The second-order valence-electron chi connectivity index (χ2n) is 8.21. The summed E-state index contributed by atoms with van der Waals surface area (Å²) in [7, 11) is 0. The van der Waals surface area contributed by atoms with Crippen LogP contribution in [0.25, 0.3) is 11.0 Å². The Morgan fingerprint density at radius 3 is 2.50 bits per heavy atom. The fourth-order valence-electron chi connectivity index (χ4n) is 4.19. The summed E-state index contributed by atoms with van der Waals surface area (Å²) in [6.45, 7) is 0.882. The molecule has 36 heavy (non-hydrogen) atoms. The van der Waals surface area contributed by atoms with Crippen molar-refractivity contribution in [1.82, 2.24) is 29.6 Å². The van der Waals surface area contributed by atoms with Gasteiger partial charge in [-0.15, -0.1) is 17.5 Å². The number of likely N-dealkylation sites (tertiary alicyclic amines) is 1. The van der Waals surface area contributed by atoms with E-state index in [1.54, 1.807) is 29.4 Å². The summed E-state index contributed by atoms with van der Waals surface area (Å²) in [5.74, 6) is -3.00. The van der Waals surface area contributed by atoms with Gasteiger partial charge in [0.15, 0.2) is 22.7 Å². The highest BCUT2D eigenvalue weighted by Gasteiger charge is 2.28. The molecule has 0 radical (unpaired) electrons. The predicted molar refractivity (Wildman–Crippen MR) is 127 cm³/mol. The number of anilines is 1. The zero-order chi connectivity index (χ0) is 24.5. The van der Waals surface area contributed by atoms with Crippen molar-refractivity contribution in [3.8, 4) is 0 Å². The Labute approximate surface area is 208 Å². The molecule has 2 N–H and O–H groups in total. The third-order valence-corrected chi connectivity index (χ3v) is 5.98. The number of amides is 1. The van der Waals surface area contributed by atoms with E-state index in [2.05, 4.69) is 25.4 Å². The van der Waals surface area contributed by atoms with Crippen LogP contribution < -0.4 is 10.9 Å². The number of aromatic amines is 1. The van der Waals surface area contributed by atoms with Gasteiger partial charge in [-0.2, -0.15) is 4.39 Å². The number of carbonyl (C=O) groups is 1. The summed E-state index contributed by atoms with van der Waals surface area (Å²) < 4.78 is 42.5. The van der Waals surface area contributed by atoms with Crippen LogP contribution in [0.5, 0.6) is 0 Å². The quantitative estimate of drug-likeness (QED) is 0.418. The van der Waals surface area contributed by atoms with Crippen LogP contribution in [0.1, 0.15) is 34.8 Å². The van der Waals surface area contributed by atoms with E-state index in [1.807, 2.05) is 0 Å². The first-order valence-electron chi connectivity index (χ1n) is 11.0. The van der Waals surface area contributed by atoms with E-state index in [4.69, 9.17) is 0 Å². The molecule has 0 unspecified atom stereocenters. The molecule has 0 bridgehead atoms. The molecule has 188 valence electrons. The van der Waals surface area contributed by atoms with Gasteiger partial charge in [-0.1, -0.05) is 6.07 Å². The van der Waals surface area contributed by atoms with Gasteiger partial charge < -0.3 is 10.2 Å². The van der Waals surface area contributed by atoms with Crippen LogP contribution in [0, 0.1) is 17.6 Å². The van der Waals surface area contributed by atoms with Crippen LogP contribution >= 0.6 is 12.4 Å². The van der Waals surface area contributed by atoms with Gasteiger partial charge in [0.05, 0.1) is 6.04 Å². The summed E-state index contributed by atoms with van der Waals surface area (Å²) in [4.78, 5) is 37.7. The van der Waals surface area contributed by atoms with Gasteiger partial charge in [0, 0.05) is 37.6 Å². The third-order valence-electron chi connectivity index (χ3n) is 5.98. The number of fused-ring (bicyclic) bond motifs is 1. The van der Waals surface area contributed by atoms with Crippen molar-refractivity contribution in [2.24, 2.45) is 0 Å². The van der Waals surface area contributed by atoms with E-state index in [0.717, 1.165) is 12.1 Å². The van der Waals surface area contributed by atoms with Crippen molar-refractivity contribution in [2.45, 2.75) is 25.4 Å². The molecule has 4 aromatic rings. The number of benzene rings is 1. The van der Waals surface area contributed by atoms with Crippen LogP contribution in [-0.4, -0.2) is 48.6 Å². The first-order chi connectivity index (χ1) is 16.9. The number of hydrogen-bond acceptors (Lipinski definition) is 6. The number of hydrogen-bond donors (Lipinski definition) is 2. The number of nitrogens with zero attached hydrogens (tertiary/aromatic N) is 5. The standard InChI is InChI=1S/C23H20F3N7O2.ClH/c24-16-2-1-13(11-17(16)25)12-28-23-29-18-19(21(34)30-23)33(31-20(18)26)15-5-9-32(10-6-15)22(35)14-3-7-27-8-4-14;/h1-4,7-8,11,15H,5-6,9-10,12H2,(H2,28,29,30,34);1H. The molecule has 1 fully saturated rings. The molecule has 4 heterocycles. The molecule has 0 spiro atoms. The molecule has 1 aromatic carbocycles. The summed E-state index contributed by atoms with van der Waals surface area (Å²) in [5, 5.41) is 6.70. The lowest BCUT2D eigenvalue weighted by Crippen LogP contribution is -2.39. The molecule has 5 rings (SSSR count). The van der Waals surface area contributed by atoms with Crippen LogP contribution in [0.3, 0.4) is 0 Å². The lowest BCUT2D eigenvalue weighted by Gasteiger charge is -2.32. The molecular weight excluding hydrogens is 499 g/mol. The number of rotatable bonds is 5. The van der Waals surface area contributed by atoms with Crippen molar-refractivity contribution >= 4 is 35.3 Å². The largest absolute Gasteiger partial charge is 0.352 e. The zero-order valence-electron chi connectivity index (χ0n) is 18.7. The van der Waals surface area contributed by atoms with Crippen LogP contribution in [0.2, 0.25) is 0 Å². The fourth-order valence-corrected chi connectivity index (χ4v) is 4.19. The zero-order valence-corrected chi connectivity index (χ0v) is 19.6. The number of nitrogens with one attached hydrogen (secondary N) is 2. The van der Waals surface area contributed by atoms with Gasteiger partial charge in [0.1, 0.15) is 0 Å². The minimum absolute atomic E-state index is 0. The number of pyridine rings is 1. The third kappa shape index (κ3) is 4.89. The highest BCUT2D eigenvalue weighted by Crippen LogP contribution is 2.26. The summed E-state index contributed by atoms with van der Waals surface area (Å²) in [6.07, 6.45) is 4.09. The Morgan fingerprint density at radius 2 is 1.81 bits per heavy atom. The first kappa shape index (κ1) is 25.2. The van der Waals surface area contributed by atoms with Crippen molar-refractivity contribution in [2.75, 3.05) is 18.4 Å². The molecule has 1 aliphatic rings. The number of H-pyrrole nitrogens is 1. The number of aromatic nitrogens is 5. The molecule has 1 amide bonds. The molecule has 0 atom stereocenters. The maximum Gasteiger partial charge on any atom is 0.278 e. The Bertz CT molecular complexity index is 1450. The number of carbonyl (C=O) groups excluding carboxylic acids is 1. The van der Waals surface area contributed by atoms with Crippen molar-refractivity contribution in [1.29, 1.82) is 0 Å². The van der Waals surface area contributed by atoms with Crippen LogP contribution in [0.4, 0.5) is 19.1 Å². The van der Waals surface area contributed by atoms with E-state index in [0.29, 0.717) is 37.1 Å². The smallest absolute Gasteiger partial charge is 0.278 e. The molecule has 1 aliphatic heterocycles. The molecular formula is C23H21ClF3N7O2. The summed E-state index contributed by atoms with van der Waals surface area (Å²) >= 11 is 0. The van der Waals surface area contributed by atoms with Crippen molar-refractivity contribution < 1.29 is 18.0 Å². The Kier molecular flexibility index (Phi) is 7.25. The molecule has 9 nitrogen and oxygen atoms in total. The molecule has 0 aliphatic carbocycles. The summed E-state index contributed by atoms with van der Waals surface area (Å²) in [6, 6.07) is 6.40. The van der Waals surface area contributed by atoms with E-state index in [9.17, 15) is 22.8 Å². The molecule has 13 heteroatoms. The lowest BCUT2D eigenvalue weighted by molar-refractivity contribution is 0.0690. The monoisotopic (exact) mass is 519 g/mol. The van der Waals surface area contributed by atoms with Gasteiger partial charge in [0.2, 0.25) is 5.95 Å². The second kappa shape index (κ2) is 10.4. The minimum atomic E-state index is -0.998. The second-order valence-corrected chi connectivity index (χ2v) is 8.21. The molecule has 1 saturated heterocycles. The average Bonchev–Trinajstić information content (AvgIpc) is 3.22. The van der Waals surface area contributed by atoms with Gasteiger partial charge in [-0.25, -0.2) is 13.8 Å². The van der Waals surface area contributed by atoms with E-state index in [-0.39, 0.29) is 47.9 Å². The van der Waals surface area contributed by atoms with E-state index < -0.39 is 23.1 Å². The van der Waals surface area contributed by atoms with E-state index >= 15 is 0 Å². The normalized spacial score (nSPS) is 14.0. The Balaban J connectivity index is 0.00000304. The molecule has 3 aromatic heterocycles. The van der Waals surface area contributed by atoms with Crippen molar-refractivity contribution in [3.05, 3.63) is 81.8 Å². The maximum absolute atomic E-state index is 14.7.